The lowest BCUT2D eigenvalue weighted by molar-refractivity contribution is 0.0226. The van der Waals surface area contributed by atoms with E-state index in [1.165, 1.54) is 6.33 Å². The van der Waals surface area contributed by atoms with Gasteiger partial charge in [-0.3, -0.25) is 9.89 Å². The number of H-pyrrole nitrogens is 2. The monoisotopic (exact) mass is 251 g/mol. The van der Waals surface area contributed by atoms with Crippen molar-refractivity contribution in [2.24, 2.45) is 5.11 Å². The first-order valence-corrected chi connectivity index (χ1v) is 4.93. The predicted molar refractivity (Wildman–Crippen MR) is 59.5 cm³/mol. The van der Waals surface area contributed by atoms with Crippen LogP contribution in [-0.4, -0.2) is 43.0 Å². The molecule has 0 aromatic carbocycles. The van der Waals surface area contributed by atoms with Crippen molar-refractivity contribution >= 4 is 11.0 Å². The second-order valence-corrected chi connectivity index (χ2v) is 3.49. The summed E-state index contributed by atoms with van der Waals surface area (Å²) in [5, 5.41) is 28.8. The summed E-state index contributed by atoms with van der Waals surface area (Å²) >= 11 is 0. The zero-order chi connectivity index (χ0) is 13.1. The Morgan fingerprint density at radius 2 is 2.33 bits per heavy atom. The van der Waals surface area contributed by atoms with Crippen LogP contribution < -0.4 is 5.56 Å². The minimum absolute atomic E-state index is 0.0278. The van der Waals surface area contributed by atoms with Crippen LogP contribution in [0.2, 0.25) is 0 Å². The smallest absolute Gasteiger partial charge is 0.262 e. The predicted octanol–water partition coefficient (Wildman–Crippen LogP) is -0.649. The number of hydrogen-bond donors (Lipinski definition) is 4. The average Bonchev–Trinajstić information content (AvgIpc) is 2.80. The van der Waals surface area contributed by atoms with Gasteiger partial charge in [-0.25, -0.2) is 4.98 Å². The Morgan fingerprint density at radius 1 is 1.56 bits per heavy atom. The van der Waals surface area contributed by atoms with Crippen molar-refractivity contribution in [1.82, 2.24) is 20.2 Å². The largest absolute Gasteiger partial charge is 0.390 e. The van der Waals surface area contributed by atoms with Gasteiger partial charge in [0.2, 0.25) is 0 Å². The van der Waals surface area contributed by atoms with Gasteiger partial charge >= 0.3 is 0 Å². The molecular weight excluding hydrogens is 242 g/mol. The number of aliphatic hydroxyl groups excluding tert-OH is 2. The van der Waals surface area contributed by atoms with Gasteiger partial charge in [0.15, 0.2) is 5.65 Å². The van der Waals surface area contributed by atoms with E-state index in [-0.39, 0.29) is 23.3 Å². The molecule has 0 bridgehead atoms. The highest BCUT2D eigenvalue weighted by Crippen LogP contribution is 2.20. The molecule has 0 saturated carbocycles. The Hall–Kier alpha value is -2.42. The summed E-state index contributed by atoms with van der Waals surface area (Å²) in [7, 11) is 0. The first-order chi connectivity index (χ1) is 8.65. The quantitative estimate of drug-likeness (QED) is 0.321. The molecule has 0 radical (unpaired) electrons. The van der Waals surface area contributed by atoms with Gasteiger partial charge in [0, 0.05) is 4.91 Å². The first kappa shape index (κ1) is 12.0. The Morgan fingerprint density at radius 3 is 3.06 bits per heavy atom. The normalized spacial score (nSPS) is 14.1. The van der Waals surface area contributed by atoms with Crippen molar-refractivity contribution in [3.8, 4) is 0 Å². The summed E-state index contributed by atoms with van der Waals surface area (Å²) in [5.74, 6) is 0. The van der Waals surface area contributed by atoms with E-state index in [0.717, 1.165) is 0 Å². The van der Waals surface area contributed by atoms with Gasteiger partial charge in [-0.05, 0) is 5.53 Å². The summed E-state index contributed by atoms with van der Waals surface area (Å²) < 4.78 is 0. The van der Waals surface area contributed by atoms with E-state index < -0.39 is 17.8 Å². The summed E-state index contributed by atoms with van der Waals surface area (Å²) in [6, 6.07) is 0. The van der Waals surface area contributed by atoms with Crippen molar-refractivity contribution in [3.63, 3.8) is 0 Å². The Bertz CT molecular complexity index is 656. The number of aromatic nitrogens is 4. The standard InChI is InChI=1S/C8H9N7O3/c9-15-12-1-3(16)6(17)5-4-7(14-13-5)10-2-11-8(4)18/h2-3,6,16-17H,1H2,(H2,10,11,13,14,18). The van der Waals surface area contributed by atoms with Crippen LogP contribution in [0, 0.1) is 0 Å². The Labute approximate surface area is 98.9 Å². The molecule has 0 aliphatic carbocycles. The highest BCUT2D eigenvalue weighted by molar-refractivity contribution is 5.76. The fourth-order valence-corrected chi connectivity index (χ4v) is 1.51. The maximum atomic E-state index is 11.6. The van der Waals surface area contributed by atoms with Crippen LogP contribution in [0.3, 0.4) is 0 Å². The summed E-state index contributed by atoms with van der Waals surface area (Å²) in [5.41, 5.74) is 7.79. The van der Waals surface area contributed by atoms with E-state index in [2.05, 4.69) is 30.2 Å². The Balaban J connectivity index is 2.42. The van der Waals surface area contributed by atoms with Crippen molar-refractivity contribution < 1.29 is 10.2 Å². The molecule has 0 fully saturated rings. The molecular formula is C8H9N7O3. The minimum Gasteiger partial charge on any atom is -0.390 e. The van der Waals surface area contributed by atoms with Crippen molar-refractivity contribution in [3.05, 3.63) is 32.8 Å². The van der Waals surface area contributed by atoms with E-state index in [4.69, 9.17) is 5.53 Å². The lowest BCUT2D eigenvalue weighted by atomic mass is 10.1. The first-order valence-electron chi connectivity index (χ1n) is 4.93. The second-order valence-electron chi connectivity index (χ2n) is 3.49. The molecule has 0 saturated heterocycles. The van der Waals surface area contributed by atoms with Crippen LogP contribution in [0.15, 0.2) is 16.2 Å². The number of nitrogens with one attached hydrogen (secondary N) is 2. The molecule has 0 aliphatic rings. The number of hydrogen-bond acceptors (Lipinski definition) is 6. The third-order valence-electron chi connectivity index (χ3n) is 2.38. The summed E-state index contributed by atoms with van der Waals surface area (Å²) in [6.45, 7) is -0.323. The third kappa shape index (κ3) is 2.02. The van der Waals surface area contributed by atoms with Gasteiger partial charge in [0.05, 0.1) is 24.7 Å². The van der Waals surface area contributed by atoms with E-state index in [1.54, 1.807) is 0 Å². The molecule has 10 nitrogen and oxygen atoms in total. The van der Waals surface area contributed by atoms with Crippen LogP contribution in [0.1, 0.15) is 11.8 Å². The van der Waals surface area contributed by atoms with E-state index in [1.807, 2.05) is 0 Å². The summed E-state index contributed by atoms with van der Waals surface area (Å²) in [4.78, 5) is 20.2. The fraction of sp³-hybridized carbons (Fsp3) is 0.375. The highest BCUT2D eigenvalue weighted by Gasteiger charge is 2.23. The maximum absolute atomic E-state index is 11.6. The lowest BCUT2D eigenvalue weighted by Crippen LogP contribution is -2.23. The van der Waals surface area contributed by atoms with Gasteiger partial charge in [-0.2, -0.15) is 5.10 Å². The molecule has 0 amide bonds. The van der Waals surface area contributed by atoms with Crippen LogP contribution in [0.5, 0.6) is 0 Å². The van der Waals surface area contributed by atoms with E-state index >= 15 is 0 Å². The molecule has 2 heterocycles. The molecule has 18 heavy (non-hydrogen) atoms. The van der Waals surface area contributed by atoms with Gasteiger partial charge in [0.1, 0.15) is 11.5 Å². The van der Waals surface area contributed by atoms with Crippen LogP contribution in [0.4, 0.5) is 0 Å². The van der Waals surface area contributed by atoms with Crippen LogP contribution in [0.25, 0.3) is 21.5 Å². The number of aliphatic hydroxyl groups is 2. The van der Waals surface area contributed by atoms with E-state index in [0.29, 0.717) is 0 Å². The summed E-state index contributed by atoms with van der Waals surface area (Å²) in [6.07, 6.45) is -1.59. The molecule has 2 unspecified atom stereocenters. The lowest BCUT2D eigenvalue weighted by Gasteiger charge is -2.13. The number of fused-ring (bicyclic) bond motifs is 1. The molecule has 0 spiro atoms. The molecule has 94 valence electrons. The highest BCUT2D eigenvalue weighted by atomic mass is 16.3. The van der Waals surface area contributed by atoms with Gasteiger partial charge in [-0.1, -0.05) is 5.11 Å². The Kier molecular flexibility index (Phi) is 3.24. The maximum Gasteiger partial charge on any atom is 0.262 e. The second kappa shape index (κ2) is 4.84. The topological polar surface area (TPSA) is 164 Å². The van der Waals surface area contributed by atoms with Crippen molar-refractivity contribution in [2.75, 3.05) is 6.54 Å². The van der Waals surface area contributed by atoms with Crippen molar-refractivity contribution in [1.29, 1.82) is 0 Å². The number of rotatable bonds is 4. The van der Waals surface area contributed by atoms with Crippen LogP contribution in [-0.2, 0) is 0 Å². The number of nitrogens with zero attached hydrogens (tertiary/aromatic N) is 5. The van der Waals surface area contributed by atoms with Gasteiger partial charge in [-0.15, -0.1) is 0 Å². The zero-order valence-electron chi connectivity index (χ0n) is 8.98. The third-order valence-corrected chi connectivity index (χ3v) is 2.38. The molecule has 2 aromatic heterocycles. The number of aromatic amines is 2. The van der Waals surface area contributed by atoms with E-state index in [9.17, 15) is 15.0 Å². The molecule has 2 aromatic rings. The SMILES string of the molecule is [N-]=[N+]=NCC(O)C(O)c1[nH]nc2nc[nH]c(=O)c12. The average molecular weight is 251 g/mol. The molecule has 4 N–H and O–H groups in total. The molecule has 0 aliphatic heterocycles. The van der Waals surface area contributed by atoms with Crippen LogP contribution >= 0.6 is 0 Å². The molecule has 10 heteroatoms. The molecule has 2 rings (SSSR count). The number of azide groups is 1. The van der Waals surface area contributed by atoms with Gasteiger partial charge in [0.25, 0.3) is 5.56 Å². The fourth-order valence-electron chi connectivity index (χ4n) is 1.51. The van der Waals surface area contributed by atoms with Gasteiger partial charge < -0.3 is 15.2 Å². The van der Waals surface area contributed by atoms with Crippen molar-refractivity contribution in [2.45, 2.75) is 12.2 Å². The molecule has 2 atom stereocenters. The zero-order valence-corrected chi connectivity index (χ0v) is 8.98. The minimum atomic E-state index is -1.43.